The fraction of sp³-hybridized carbons (Fsp3) is 1.00. The van der Waals surface area contributed by atoms with Gasteiger partial charge in [0.05, 0.1) is 18.0 Å². The Morgan fingerprint density at radius 3 is 2.78 bits per heavy atom. The molecule has 2 aliphatic rings. The summed E-state index contributed by atoms with van der Waals surface area (Å²) in [5.74, 6) is 0.547. The van der Waals surface area contributed by atoms with Crippen LogP contribution in [-0.2, 0) is 19.3 Å². The lowest BCUT2D eigenvalue weighted by atomic mass is 9.81. The van der Waals surface area contributed by atoms with Crippen molar-refractivity contribution in [3.8, 4) is 0 Å². The van der Waals surface area contributed by atoms with Crippen LogP contribution in [0, 0.1) is 5.92 Å². The Labute approximate surface area is 109 Å². The minimum absolute atomic E-state index is 0.0152. The largest absolute Gasteiger partial charge is 0.378 e. The minimum atomic E-state index is -2.95. The van der Waals surface area contributed by atoms with Gasteiger partial charge in [-0.25, -0.2) is 8.42 Å². The number of hydrogen-bond acceptors (Lipinski definition) is 5. The van der Waals surface area contributed by atoms with E-state index >= 15 is 0 Å². The summed E-state index contributed by atoms with van der Waals surface area (Å²) in [5.41, 5.74) is -0.157. The van der Waals surface area contributed by atoms with Crippen LogP contribution < -0.4 is 5.32 Å². The molecule has 1 spiro atoms. The Morgan fingerprint density at radius 2 is 2.22 bits per heavy atom. The molecule has 2 heterocycles. The van der Waals surface area contributed by atoms with Crippen LogP contribution >= 0.6 is 0 Å². The van der Waals surface area contributed by atoms with Crippen LogP contribution in [0.1, 0.15) is 19.3 Å². The third kappa shape index (κ3) is 3.44. The third-order valence-electron chi connectivity index (χ3n) is 4.02. The number of nitrogens with one attached hydrogen (secondary N) is 1. The summed E-state index contributed by atoms with van der Waals surface area (Å²) in [7, 11) is -1.12. The third-order valence-corrected chi connectivity index (χ3v) is 4.98. The fourth-order valence-corrected chi connectivity index (χ4v) is 4.14. The maximum Gasteiger partial charge on any atom is 0.148 e. The average molecular weight is 277 g/mol. The van der Waals surface area contributed by atoms with E-state index < -0.39 is 9.84 Å². The van der Waals surface area contributed by atoms with Gasteiger partial charge in [0.15, 0.2) is 0 Å². The molecule has 0 amide bonds. The zero-order valence-corrected chi connectivity index (χ0v) is 12.0. The molecule has 0 saturated carbocycles. The quantitative estimate of drug-likeness (QED) is 0.795. The molecule has 0 aromatic heterocycles. The lowest BCUT2D eigenvalue weighted by Gasteiger charge is -2.40. The monoisotopic (exact) mass is 277 g/mol. The molecule has 3 atom stereocenters. The predicted octanol–water partition coefficient (Wildman–Crippen LogP) is 0.205. The summed E-state index contributed by atoms with van der Waals surface area (Å²) < 4.78 is 34.2. The molecule has 2 saturated heterocycles. The first kappa shape index (κ1) is 14.2. The van der Waals surface area contributed by atoms with E-state index in [1.54, 1.807) is 0 Å². The first-order valence-electron chi connectivity index (χ1n) is 6.51. The average Bonchev–Trinajstić information content (AvgIpc) is 2.73. The van der Waals surface area contributed by atoms with Gasteiger partial charge < -0.3 is 14.8 Å². The first-order valence-corrected chi connectivity index (χ1v) is 8.57. The molecular weight excluding hydrogens is 254 g/mol. The van der Waals surface area contributed by atoms with Crippen molar-refractivity contribution in [2.45, 2.75) is 30.9 Å². The summed E-state index contributed by atoms with van der Waals surface area (Å²) in [5, 5.41) is 3.16. The van der Waals surface area contributed by atoms with Crippen LogP contribution in [0.25, 0.3) is 0 Å². The van der Waals surface area contributed by atoms with Gasteiger partial charge in [0.25, 0.3) is 0 Å². The number of rotatable bonds is 4. The van der Waals surface area contributed by atoms with E-state index in [2.05, 4.69) is 5.32 Å². The van der Waals surface area contributed by atoms with Gasteiger partial charge in [-0.1, -0.05) is 0 Å². The first-order chi connectivity index (χ1) is 8.44. The van der Waals surface area contributed by atoms with Crippen LogP contribution in [-0.4, -0.2) is 58.9 Å². The van der Waals surface area contributed by atoms with Gasteiger partial charge in [-0.3, -0.25) is 0 Å². The zero-order chi connectivity index (χ0) is 13.2. The van der Waals surface area contributed by atoms with Crippen LogP contribution in [0.2, 0.25) is 0 Å². The summed E-state index contributed by atoms with van der Waals surface area (Å²) in [6.07, 6.45) is 4.04. The van der Waals surface area contributed by atoms with Crippen molar-refractivity contribution in [1.29, 1.82) is 0 Å². The molecule has 2 fully saturated rings. The molecule has 5 nitrogen and oxygen atoms in total. The lowest BCUT2D eigenvalue weighted by Crippen LogP contribution is -2.48. The van der Waals surface area contributed by atoms with Crippen LogP contribution in [0.3, 0.4) is 0 Å². The van der Waals surface area contributed by atoms with Crippen molar-refractivity contribution >= 4 is 9.84 Å². The zero-order valence-electron chi connectivity index (χ0n) is 11.1. The van der Waals surface area contributed by atoms with Crippen molar-refractivity contribution in [2.24, 2.45) is 5.92 Å². The summed E-state index contributed by atoms with van der Waals surface area (Å²) in [6, 6.07) is 0.0152. The van der Waals surface area contributed by atoms with Gasteiger partial charge in [-0.05, 0) is 25.8 Å². The molecule has 0 aliphatic carbocycles. The number of sulfone groups is 1. The molecule has 0 bridgehead atoms. The molecular formula is C12H23NO4S. The molecule has 106 valence electrons. The molecule has 2 rings (SSSR count). The second-order valence-electron chi connectivity index (χ2n) is 5.57. The van der Waals surface area contributed by atoms with Crippen LogP contribution in [0.4, 0.5) is 0 Å². The van der Waals surface area contributed by atoms with Crippen molar-refractivity contribution < 1.29 is 17.9 Å². The Kier molecular flexibility index (Phi) is 4.31. The van der Waals surface area contributed by atoms with E-state index in [1.165, 1.54) is 6.26 Å². The molecule has 6 heteroatoms. The Hall–Kier alpha value is -0.170. The van der Waals surface area contributed by atoms with E-state index in [0.717, 1.165) is 25.9 Å². The fourth-order valence-electron chi connectivity index (χ4n) is 3.05. The van der Waals surface area contributed by atoms with E-state index in [-0.39, 0.29) is 17.4 Å². The Bertz CT molecular complexity index is 376. The summed E-state index contributed by atoms with van der Waals surface area (Å²) in [6.45, 7) is 2.11. The topological polar surface area (TPSA) is 64.6 Å². The normalized spacial score (nSPS) is 34.9. The Balaban J connectivity index is 2.02. The van der Waals surface area contributed by atoms with Crippen molar-refractivity contribution in [3.63, 3.8) is 0 Å². The maximum absolute atomic E-state index is 11.5. The second kappa shape index (κ2) is 5.45. The highest BCUT2D eigenvalue weighted by atomic mass is 32.2. The van der Waals surface area contributed by atoms with Gasteiger partial charge >= 0.3 is 0 Å². The highest BCUT2D eigenvalue weighted by Crippen LogP contribution is 2.37. The van der Waals surface area contributed by atoms with Crippen LogP contribution in [0.15, 0.2) is 0 Å². The standard InChI is InChI=1S/C12H23NO4S/c1-13-11(8-18(2,14)15)10-3-5-17-12(7-10)4-6-16-9-12/h10-11,13H,3-9H2,1-2H3. The van der Waals surface area contributed by atoms with Gasteiger partial charge in [-0.15, -0.1) is 0 Å². The highest BCUT2D eigenvalue weighted by Gasteiger charge is 2.43. The van der Waals surface area contributed by atoms with Crippen molar-refractivity contribution in [1.82, 2.24) is 5.32 Å². The van der Waals surface area contributed by atoms with Gasteiger partial charge in [-0.2, -0.15) is 0 Å². The van der Waals surface area contributed by atoms with E-state index in [4.69, 9.17) is 9.47 Å². The van der Waals surface area contributed by atoms with Crippen molar-refractivity contribution in [3.05, 3.63) is 0 Å². The molecule has 0 aromatic rings. The van der Waals surface area contributed by atoms with Gasteiger partial charge in [0.1, 0.15) is 9.84 Å². The molecule has 0 radical (unpaired) electrons. The molecule has 3 unspecified atom stereocenters. The van der Waals surface area contributed by atoms with E-state index in [0.29, 0.717) is 19.1 Å². The minimum Gasteiger partial charge on any atom is -0.378 e. The maximum atomic E-state index is 11.5. The molecule has 18 heavy (non-hydrogen) atoms. The number of ether oxygens (including phenoxy) is 2. The summed E-state index contributed by atoms with van der Waals surface area (Å²) in [4.78, 5) is 0. The Morgan fingerprint density at radius 1 is 1.44 bits per heavy atom. The van der Waals surface area contributed by atoms with Gasteiger partial charge in [0, 0.05) is 31.9 Å². The molecule has 0 aromatic carbocycles. The predicted molar refractivity (Wildman–Crippen MR) is 69.4 cm³/mol. The SMILES string of the molecule is CNC(CS(C)(=O)=O)C1CCOC2(CCOC2)C1. The van der Waals surface area contributed by atoms with E-state index in [9.17, 15) is 8.42 Å². The van der Waals surface area contributed by atoms with Crippen molar-refractivity contribution in [2.75, 3.05) is 38.9 Å². The summed E-state index contributed by atoms with van der Waals surface area (Å²) >= 11 is 0. The van der Waals surface area contributed by atoms with E-state index in [1.807, 2.05) is 7.05 Å². The highest BCUT2D eigenvalue weighted by molar-refractivity contribution is 7.90. The van der Waals surface area contributed by atoms with Gasteiger partial charge in [0.2, 0.25) is 0 Å². The molecule has 1 N–H and O–H groups in total. The molecule has 2 aliphatic heterocycles. The second-order valence-corrected chi connectivity index (χ2v) is 7.76. The lowest BCUT2D eigenvalue weighted by molar-refractivity contribution is -0.101. The van der Waals surface area contributed by atoms with Crippen LogP contribution in [0.5, 0.6) is 0 Å². The number of hydrogen-bond donors (Lipinski definition) is 1. The smallest absolute Gasteiger partial charge is 0.148 e.